The van der Waals surface area contributed by atoms with Gasteiger partial charge in [-0.3, -0.25) is 9.48 Å². The number of aromatic nitrogens is 2. The van der Waals surface area contributed by atoms with Gasteiger partial charge in [-0.25, -0.2) is 0 Å². The summed E-state index contributed by atoms with van der Waals surface area (Å²) in [6, 6.07) is 5.04. The van der Waals surface area contributed by atoms with Crippen molar-refractivity contribution in [1.29, 1.82) is 0 Å². The maximum Gasteiger partial charge on any atom is 0.256 e. The van der Waals surface area contributed by atoms with Crippen molar-refractivity contribution >= 4 is 23.2 Å². The van der Waals surface area contributed by atoms with E-state index in [0.717, 1.165) is 5.56 Å². The molecule has 0 atom stereocenters. The van der Waals surface area contributed by atoms with Crippen LogP contribution in [0, 0.1) is 0 Å². The third-order valence-corrected chi connectivity index (χ3v) is 3.14. The summed E-state index contributed by atoms with van der Waals surface area (Å²) in [7, 11) is 3.55. The van der Waals surface area contributed by atoms with E-state index in [0.29, 0.717) is 22.8 Å². The topological polar surface area (TPSA) is 64.2 Å². The van der Waals surface area contributed by atoms with Gasteiger partial charge in [-0.1, -0.05) is 17.7 Å². The van der Waals surface area contributed by atoms with Crippen LogP contribution in [-0.4, -0.2) is 27.6 Å². The molecule has 5 nitrogen and oxygen atoms in total. The van der Waals surface area contributed by atoms with E-state index in [-0.39, 0.29) is 5.91 Å². The first-order valence-electron chi connectivity index (χ1n) is 5.76. The van der Waals surface area contributed by atoms with Crippen LogP contribution in [0.5, 0.6) is 0 Å². The van der Waals surface area contributed by atoms with Crippen LogP contribution >= 0.6 is 11.6 Å². The number of hydrogen-bond donors (Lipinski definition) is 1. The second kappa shape index (κ2) is 5.32. The molecule has 0 aliphatic heterocycles. The number of carbonyl (C=O) groups excluding carboxylic acids is 1. The van der Waals surface area contributed by atoms with Gasteiger partial charge in [0.05, 0.1) is 22.5 Å². The number of nitrogen functional groups attached to an aromatic ring is 1. The molecule has 1 amide bonds. The van der Waals surface area contributed by atoms with Crippen molar-refractivity contribution in [3.8, 4) is 0 Å². The van der Waals surface area contributed by atoms with Gasteiger partial charge < -0.3 is 10.6 Å². The standard InChI is InChI=1S/C13H15ClN4O/c1-17(7-9-6-16-18(2)8-9)13(19)10-4-3-5-11(14)12(10)15/h3-6,8H,7,15H2,1-2H3. The lowest BCUT2D eigenvalue weighted by Crippen LogP contribution is -2.26. The minimum atomic E-state index is -0.163. The first-order chi connectivity index (χ1) is 8.99. The Morgan fingerprint density at radius 1 is 1.53 bits per heavy atom. The fourth-order valence-electron chi connectivity index (χ4n) is 1.83. The summed E-state index contributed by atoms with van der Waals surface area (Å²) in [5, 5.41) is 4.46. The molecule has 100 valence electrons. The molecule has 2 rings (SSSR count). The highest BCUT2D eigenvalue weighted by Crippen LogP contribution is 2.23. The zero-order valence-corrected chi connectivity index (χ0v) is 11.6. The Hall–Kier alpha value is -2.01. The van der Waals surface area contributed by atoms with Gasteiger partial charge in [-0.05, 0) is 12.1 Å². The number of anilines is 1. The number of halogens is 1. The molecule has 0 saturated carbocycles. The number of nitrogens with two attached hydrogens (primary N) is 1. The predicted molar refractivity (Wildman–Crippen MR) is 74.9 cm³/mol. The van der Waals surface area contributed by atoms with Crippen molar-refractivity contribution in [3.63, 3.8) is 0 Å². The van der Waals surface area contributed by atoms with Gasteiger partial charge in [0.15, 0.2) is 0 Å². The van der Waals surface area contributed by atoms with Gasteiger partial charge in [-0.2, -0.15) is 5.10 Å². The summed E-state index contributed by atoms with van der Waals surface area (Å²) in [6.07, 6.45) is 3.59. The van der Waals surface area contributed by atoms with E-state index in [9.17, 15) is 4.79 Å². The van der Waals surface area contributed by atoms with Crippen molar-refractivity contribution in [2.24, 2.45) is 7.05 Å². The van der Waals surface area contributed by atoms with Gasteiger partial charge >= 0.3 is 0 Å². The van der Waals surface area contributed by atoms with Gasteiger partial charge in [0.25, 0.3) is 5.91 Å². The molecular formula is C13H15ClN4O. The molecule has 0 aliphatic carbocycles. The predicted octanol–water partition coefficient (Wildman–Crippen LogP) is 1.93. The van der Waals surface area contributed by atoms with E-state index >= 15 is 0 Å². The largest absolute Gasteiger partial charge is 0.397 e. The molecule has 0 saturated heterocycles. The van der Waals surface area contributed by atoms with Crippen molar-refractivity contribution < 1.29 is 4.79 Å². The number of nitrogens with zero attached hydrogens (tertiary/aromatic N) is 3. The monoisotopic (exact) mass is 278 g/mol. The van der Waals surface area contributed by atoms with Crippen LogP contribution in [0.3, 0.4) is 0 Å². The van der Waals surface area contributed by atoms with Crippen molar-refractivity contribution in [3.05, 3.63) is 46.7 Å². The molecule has 2 aromatic rings. The Labute approximate surface area is 116 Å². The van der Waals surface area contributed by atoms with Crippen LogP contribution in [-0.2, 0) is 13.6 Å². The number of para-hydroxylation sites is 1. The average molecular weight is 279 g/mol. The number of amides is 1. The highest BCUT2D eigenvalue weighted by Gasteiger charge is 2.16. The Morgan fingerprint density at radius 2 is 2.26 bits per heavy atom. The molecular weight excluding hydrogens is 264 g/mol. The van der Waals surface area contributed by atoms with Crippen LogP contribution in [0.25, 0.3) is 0 Å². The first-order valence-corrected chi connectivity index (χ1v) is 6.14. The average Bonchev–Trinajstić information content (AvgIpc) is 2.77. The Morgan fingerprint density at radius 3 is 2.89 bits per heavy atom. The lowest BCUT2D eigenvalue weighted by Gasteiger charge is -2.17. The molecule has 2 N–H and O–H groups in total. The number of aryl methyl sites for hydroxylation is 1. The van der Waals surface area contributed by atoms with Gasteiger partial charge in [0, 0.05) is 32.4 Å². The molecule has 0 aliphatic rings. The summed E-state index contributed by atoms with van der Waals surface area (Å²) in [5.74, 6) is -0.163. The van der Waals surface area contributed by atoms with E-state index < -0.39 is 0 Å². The summed E-state index contributed by atoms with van der Waals surface area (Å²) in [4.78, 5) is 13.9. The van der Waals surface area contributed by atoms with E-state index in [1.807, 2.05) is 13.2 Å². The van der Waals surface area contributed by atoms with Crippen molar-refractivity contribution in [1.82, 2.24) is 14.7 Å². The molecule has 6 heteroatoms. The number of benzene rings is 1. The molecule has 0 fully saturated rings. The SMILES string of the molecule is CN(Cc1cnn(C)c1)C(=O)c1cccc(Cl)c1N. The fourth-order valence-corrected chi connectivity index (χ4v) is 2.00. The molecule has 19 heavy (non-hydrogen) atoms. The van der Waals surface area contributed by atoms with Crippen molar-refractivity contribution in [2.75, 3.05) is 12.8 Å². The first kappa shape index (κ1) is 13.4. The quantitative estimate of drug-likeness (QED) is 0.873. The lowest BCUT2D eigenvalue weighted by molar-refractivity contribution is 0.0786. The maximum absolute atomic E-state index is 12.3. The smallest absolute Gasteiger partial charge is 0.256 e. The fraction of sp³-hybridized carbons (Fsp3) is 0.231. The Kier molecular flexibility index (Phi) is 3.76. The normalized spacial score (nSPS) is 10.5. The summed E-state index contributed by atoms with van der Waals surface area (Å²) in [6.45, 7) is 0.471. The third-order valence-electron chi connectivity index (χ3n) is 2.81. The van der Waals surface area contributed by atoms with Gasteiger partial charge in [0.2, 0.25) is 0 Å². The van der Waals surface area contributed by atoms with E-state index in [4.69, 9.17) is 17.3 Å². The third kappa shape index (κ3) is 2.88. The molecule has 0 spiro atoms. The molecule has 1 aromatic carbocycles. The Balaban J connectivity index is 2.17. The van der Waals surface area contributed by atoms with Crippen LogP contribution < -0.4 is 5.73 Å². The zero-order valence-electron chi connectivity index (χ0n) is 10.8. The molecule has 0 bridgehead atoms. The summed E-state index contributed by atoms with van der Waals surface area (Å²) >= 11 is 5.92. The van der Waals surface area contributed by atoms with E-state index in [2.05, 4.69) is 5.10 Å². The van der Waals surface area contributed by atoms with Crippen LogP contribution in [0.2, 0.25) is 5.02 Å². The number of hydrogen-bond acceptors (Lipinski definition) is 3. The maximum atomic E-state index is 12.3. The molecule has 0 unspecified atom stereocenters. The minimum absolute atomic E-state index is 0.163. The van der Waals surface area contributed by atoms with Crippen LogP contribution in [0.15, 0.2) is 30.6 Å². The lowest BCUT2D eigenvalue weighted by atomic mass is 10.1. The van der Waals surface area contributed by atoms with E-state index in [1.54, 1.807) is 41.0 Å². The number of rotatable bonds is 3. The van der Waals surface area contributed by atoms with Crippen LogP contribution in [0.1, 0.15) is 15.9 Å². The van der Waals surface area contributed by atoms with E-state index in [1.165, 1.54) is 0 Å². The number of carbonyl (C=O) groups is 1. The van der Waals surface area contributed by atoms with Crippen LogP contribution in [0.4, 0.5) is 5.69 Å². The molecule has 1 heterocycles. The minimum Gasteiger partial charge on any atom is -0.397 e. The summed E-state index contributed by atoms with van der Waals surface area (Å²) < 4.78 is 1.70. The summed E-state index contributed by atoms with van der Waals surface area (Å²) in [5.41, 5.74) is 7.51. The van der Waals surface area contributed by atoms with Gasteiger partial charge in [0.1, 0.15) is 0 Å². The highest BCUT2D eigenvalue weighted by molar-refractivity contribution is 6.33. The zero-order chi connectivity index (χ0) is 14.0. The van der Waals surface area contributed by atoms with Gasteiger partial charge in [-0.15, -0.1) is 0 Å². The Bertz CT molecular complexity index is 608. The molecule has 0 radical (unpaired) electrons. The second-order valence-electron chi connectivity index (χ2n) is 4.38. The van der Waals surface area contributed by atoms with Crippen molar-refractivity contribution in [2.45, 2.75) is 6.54 Å². The highest BCUT2D eigenvalue weighted by atomic mass is 35.5. The molecule has 1 aromatic heterocycles. The second-order valence-corrected chi connectivity index (χ2v) is 4.79.